The molecule has 0 aliphatic rings. The number of rotatable bonds is 4. The maximum absolute atomic E-state index is 5.13. The van der Waals surface area contributed by atoms with Crippen molar-refractivity contribution in [3.63, 3.8) is 0 Å². The summed E-state index contributed by atoms with van der Waals surface area (Å²) >= 11 is -0.123. The van der Waals surface area contributed by atoms with Crippen LogP contribution in [0.2, 0.25) is 0 Å². The van der Waals surface area contributed by atoms with Gasteiger partial charge in [-0.1, -0.05) is 0 Å². The number of pyridine rings is 4. The molecular weight excluding hydrogens is 499 g/mol. The van der Waals surface area contributed by atoms with E-state index < -0.39 is 0 Å². The molecule has 0 radical (unpaired) electrons. The van der Waals surface area contributed by atoms with Crippen LogP contribution in [-0.4, -0.2) is 43.7 Å². The van der Waals surface area contributed by atoms with Gasteiger partial charge in [0.2, 0.25) is 0 Å². The standard InChI is InChI=1S/C28H24N6Se/c1-17-5-9-29-21(13-17)25-31-27(23-15-19(3)7-11-33(23)25)35-28-24-16-20(4)8-12-34(24)26(32-28)22-14-18(2)6-10-30-22/h5-16H,1-4H3. The number of fused-ring (bicyclic) bond motifs is 2. The monoisotopic (exact) mass is 524 g/mol. The summed E-state index contributed by atoms with van der Waals surface area (Å²) in [5.74, 6) is 1.72. The molecule has 0 aromatic carbocycles. The van der Waals surface area contributed by atoms with Crippen LogP contribution in [0.5, 0.6) is 0 Å². The molecule has 0 aliphatic heterocycles. The first-order valence-electron chi connectivity index (χ1n) is 11.5. The predicted molar refractivity (Wildman–Crippen MR) is 141 cm³/mol. The van der Waals surface area contributed by atoms with Crippen LogP contribution >= 0.6 is 0 Å². The van der Waals surface area contributed by atoms with E-state index in [-0.39, 0.29) is 15.0 Å². The third-order valence-corrected chi connectivity index (χ3v) is 8.08. The normalized spacial score (nSPS) is 11.5. The Balaban J connectivity index is 1.54. The van der Waals surface area contributed by atoms with Crippen molar-refractivity contribution in [1.82, 2.24) is 28.7 Å². The number of nitrogens with zero attached hydrogens (tertiary/aromatic N) is 6. The molecule has 0 amide bonds. The van der Waals surface area contributed by atoms with Gasteiger partial charge in [0.15, 0.2) is 0 Å². The molecule has 0 unspecified atom stereocenters. The third-order valence-electron chi connectivity index (χ3n) is 6.01. The van der Waals surface area contributed by atoms with Crippen molar-refractivity contribution in [3.05, 3.63) is 95.6 Å². The van der Waals surface area contributed by atoms with Gasteiger partial charge in [0.1, 0.15) is 0 Å². The molecule has 6 nitrogen and oxygen atoms in total. The number of aryl methyl sites for hydroxylation is 4. The van der Waals surface area contributed by atoms with Gasteiger partial charge in [-0.3, -0.25) is 0 Å². The zero-order chi connectivity index (χ0) is 24.1. The SMILES string of the molecule is Cc1ccnc(-c2nc([Se]c3nc(-c4cc(C)ccn4)n4ccc(C)cc34)c3cc(C)ccn23)c1. The number of hydrogen-bond acceptors (Lipinski definition) is 4. The summed E-state index contributed by atoms with van der Waals surface area (Å²) in [7, 11) is 0. The summed E-state index contributed by atoms with van der Waals surface area (Å²) in [6, 6.07) is 16.8. The van der Waals surface area contributed by atoms with E-state index in [0.29, 0.717) is 0 Å². The van der Waals surface area contributed by atoms with E-state index in [2.05, 4.69) is 95.3 Å². The Labute approximate surface area is 209 Å². The third kappa shape index (κ3) is 3.93. The molecule has 172 valence electrons. The van der Waals surface area contributed by atoms with Crippen LogP contribution in [0.3, 0.4) is 0 Å². The van der Waals surface area contributed by atoms with Gasteiger partial charge in [-0.15, -0.1) is 0 Å². The van der Waals surface area contributed by atoms with Crippen molar-refractivity contribution in [1.29, 1.82) is 0 Å². The minimum atomic E-state index is -0.123. The second-order valence-electron chi connectivity index (χ2n) is 8.94. The average molecular weight is 524 g/mol. The molecule has 0 spiro atoms. The molecule has 0 saturated carbocycles. The van der Waals surface area contributed by atoms with Crippen molar-refractivity contribution in [2.75, 3.05) is 0 Å². The molecular formula is C28H24N6Se. The fourth-order valence-corrected chi connectivity index (χ4v) is 6.28. The fourth-order valence-electron chi connectivity index (χ4n) is 4.25. The van der Waals surface area contributed by atoms with Crippen molar-refractivity contribution in [3.8, 4) is 23.0 Å². The number of imidazole rings is 2. The molecule has 6 rings (SSSR count). The molecule has 0 atom stereocenters. The Kier molecular flexibility index (Phi) is 5.24. The molecule has 7 heteroatoms. The first-order valence-corrected chi connectivity index (χ1v) is 13.2. The van der Waals surface area contributed by atoms with Crippen LogP contribution in [0.4, 0.5) is 0 Å². The first kappa shape index (κ1) is 21.7. The number of hydrogen-bond donors (Lipinski definition) is 0. The Morgan fingerprint density at radius 2 is 1.00 bits per heavy atom. The summed E-state index contributed by atoms with van der Waals surface area (Å²) in [5, 5.41) is 0. The molecule has 0 saturated heterocycles. The van der Waals surface area contributed by atoms with E-state index in [9.17, 15) is 0 Å². The Morgan fingerprint density at radius 1 is 0.571 bits per heavy atom. The van der Waals surface area contributed by atoms with Gasteiger partial charge in [-0.2, -0.15) is 0 Å². The Hall–Kier alpha value is -3.80. The van der Waals surface area contributed by atoms with Gasteiger partial charge < -0.3 is 0 Å². The van der Waals surface area contributed by atoms with Crippen LogP contribution in [-0.2, 0) is 0 Å². The fraction of sp³-hybridized carbons (Fsp3) is 0.143. The summed E-state index contributed by atoms with van der Waals surface area (Å²) < 4.78 is 6.39. The summed E-state index contributed by atoms with van der Waals surface area (Å²) in [6.45, 7) is 8.39. The molecule has 35 heavy (non-hydrogen) atoms. The second kappa shape index (κ2) is 8.45. The van der Waals surface area contributed by atoms with Crippen molar-refractivity contribution >= 4 is 35.2 Å². The van der Waals surface area contributed by atoms with Gasteiger partial charge in [-0.05, 0) is 0 Å². The zero-order valence-electron chi connectivity index (χ0n) is 20.0. The second-order valence-corrected chi connectivity index (χ2v) is 11.0. The van der Waals surface area contributed by atoms with E-state index in [1.54, 1.807) is 0 Å². The van der Waals surface area contributed by atoms with E-state index in [0.717, 1.165) is 54.4 Å². The zero-order valence-corrected chi connectivity index (χ0v) is 21.7. The van der Waals surface area contributed by atoms with Crippen LogP contribution in [0, 0.1) is 27.7 Å². The Morgan fingerprint density at radius 3 is 1.43 bits per heavy atom. The summed E-state index contributed by atoms with van der Waals surface area (Å²) in [5.41, 5.74) is 8.69. The van der Waals surface area contributed by atoms with Crippen LogP contribution < -0.4 is 9.18 Å². The topological polar surface area (TPSA) is 60.4 Å². The molecule has 6 heterocycles. The van der Waals surface area contributed by atoms with Gasteiger partial charge >= 0.3 is 210 Å². The van der Waals surface area contributed by atoms with Crippen molar-refractivity contribution < 1.29 is 0 Å². The molecule has 0 bridgehead atoms. The average Bonchev–Trinajstić information content (AvgIpc) is 3.37. The molecule has 0 N–H and O–H groups in total. The molecule has 0 fully saturated rings. The molecule has 6 aromatic heterocycles. The van der Waals surface area contributed by atoms with Crippen molar-refractivity contribution in [2.45, 2.75) is 27.7 Å². The van der Waals surface area contributed by atoms with E-state index in [1.807, 2.05) is 24.5 Å². The van der Waals surface area contributed by atoms with Crippen LogP contribution in [0.1, 0.15) is 22.3 Å². The van der Waals surface area contributed by atoms with Gasteiger partial charge in [0.25, 0.3) is 0 Å². The minimum absolute atomic E-state index is 0.123. The predicted octanol–water partition coefficient (Wildman–Crippen LogP) is 3.99. The first-order chi connectivity index (χ1) is 17.0. The Bertz CT molecular complexity index is 1600. The molecule has 0 aliphatic carbocycles. The summed E-state index contributed by atoms with van der Waals surface area (Å²) in [4.78, 5) is 19.5. The quantitative estimate of drug-likeness (QED) is 0.328. The van der Waals surface area contributed by atoms with Gasteiger partial charge in [0, 0.05) is 0 Å². The van der Waals surface area contributed by atoms with Crippen LogP contribution in [0.25, 0.3) is 34.1 Å². The molecule has 6 aromatic rings. The van der Waals surface area contributed by atoms with Crippen molar-refractivity contribution in [2.24, 2.45) is 0 Å². The van der Waals surface area contributed by atoms with E-state index in [1.165, 1.54) is 11.1 Å². The number of aromatic nitrogens is 6. The summed E-state index contributed by atoms with van der Waals surface area (Å²) in [6.07, 6.45) is 7.87. The van der Waals surface area contributed by atoms with Gasteiger partial charge in [0.05, 0.1) is 0 Å². The van der Waals surface area contributed by atoms with Gasteiger partial charge in [-0.25, -0.2) is 0 Å². The maximum atomic E-state index is 5.13. The van der Waals surface area contributed by atoms with Crippen LogP contribution in [0.15, 0.2) is 73.3 Å². The van der Waals surface area contributed by atoms with E-state index >= 15 is 0 Å². The van der Waals surface area contributed by atoms with E-state index in [4.69, 9.17) is 9.97 Å².